The van der Waals surface area contributed by atoms with Crippen LogP contribution in [-0.2, 0) is 4.74 Å². The van der Waals surface area contributed by atoms with Crippen molar-refractivity contribution in [3.05, 3.63) is 0 Å². The van der Waals surface area contributed by atoms with E-state index in [0.29, 0.717) is 0 Å². The molecule has 1 saturated heterocycles. The summed E-state index contributed by atoms with van der Waals surface area (Å²) < 4.78 is 5.38. The van der Waals surface area contributed by atoms with E-state index in [2.05, 4.69) is 0 Å². The Bertz CT molecular complexity index is 276. The maximum Gasteiger partial charge on any atom is 0.132 e. The van der Waals surface area contributed by atoms with Crippen molar-refractivity contribution in [3.63, 3.8) is 0 Å². The topological polar surface area (TPSA) is 110 Å². The zero-order valence-corrected chi connectivity index (χ0v) is 10.7. The van der Waals surface area contributed by atoms with Crippen molar-refractivity contribution in [3.8, 4) is 0 Å². The molecule has 0 aromatic rings. The Kier molecular flexibility index (Phi) is 4.87. The highest BCUT2D eigenvalue weighted by atomic mass is 32.2. The molecule has 1 aliphatic heterocycles. The molecule has 0 radical (unpaired) electrons. The molecular weight excluding hydrogens is 260 g/mol. The van der Waals surface area contributed by atoms with E-state index < -0.39 is 42.6 Å². The van der Waals surface area contributed by atoms with Gasteiger partial charge in [0.25, 0.3) is 0 Å². The van der Waals surface area contributed by atoms with Gasteiger partial charge < -0.3 is 30.3 Å². The van der Waals surface area contributed by atoms with Crippen LogP contribution in [-0.4, -0.2) is 73.3 Å². The first kappa shape index (κ1) is 14.5. The molecule has 0 spiro atoms. The van der Waals surface area contributed by atoms with Gasteiger partial charge in [-0.2, -0.15) is 0 Å². The van der Waals surface area contributed by atoms with E-state index in [4.69, 9.17) is 9.84 Å². The lowest BCUT2D eigenvalue weighted by Gasteiger charge is -2.40. The number of aliphatic hydroxyl groups excluding tert-OH is 5. The standard InChI is InChI=1S/C11H20O6S/c12-4-6-8(14)9(15)10(16)11(17-6)18-7-3-1-2-5(7)13/h5-16H,1-4H2/t5?,6-,7?,8+,9+,10-,11+/m1/s1. The monoisotopic (exact) mass is 280 g/mol. The van der Waals surface area contributed by atoms with E-state index in [1.807, 2.05) is 0 Å². The molecule has 0 bridgehead atoms. The van der Waals surface area contributed by atoms with Gasteiger partial charge in [-0.15, -0.1) is 11.8 Å². The van der Waals surface area contributed by atoms with Crippen LogP contribution in [0.25, 0.3) is 0 Å². The molecule has 6 nitrogen and oxygen atoms in total. The van der Waals surface area contributed by atoms with Crippen LogP contribution in [0.4, 0.5) is 0 Å². The molecule has 0 amide bonds. The molecule has 5 N–H and O–H groups in total. The normalized spacial score (nSPS) is 49.5. The maximum atomic E-state index is 9.85. The summed E-state index contributed by atoms with van der Waals surface area (Å²) in [6, 6.07) is 0. The SMILES string of the molecule is OC[C@H]1O[C@@H](SC2CCCC2O)[C@H](O)[C@@H](O)[C@H]1O. The van der Waals surface area contributed by atoms with Crippen molar-refractivity contribution in [1.29, 1.82) is 0 Å². The molecule has 7 heteroatoms. The second-order valence-electron chi connectivity index (χ2n) is 4.87. The predicted octanol–water partition coefficient (Wildman–Crippen LogP) is -1.57. The Morgan fingerprint density at radius 3 is 2.28 bits per heavy atom. The first-order valence-electron chi connectivity index (χ1n) is 6.18. The number of ether oxygens (including phenoxy) is 1. The number of hydrogen-bond acceptors (Lipinski definition) is 7. The zero-order chi connectivity index (χ0) is 13.3. The van der Waals surface area contributed by atoms with Crippen LogP contribution in [0.1, 0.15) is 19.3 Å². The maximum absolute atomic E-state index is 9.85. The lowest BCUT2D eigenvalue weighted by Crippen LogP contribution is -2.57. The van der Waals surface area contributed by atoms with Gasteiger partial charge in [0.1, 0.15) is 29.9 Å². The molecule has 0 aromatic heterocycles. The number of aliphatic hydroxyl groups is 5. The average molecular weight is 280 g/mol. The Morgan fingerprint density at radius 1 is 1.00 bits per heavy atom. The van der Waals surface area contributed by atoms with Crippen molar-refractivity contribution in [2.45, 2.75) is 60.5 Å². The molecular formula is C11H20O6S. The zero-order valence-electron chi connectivity index (χ0n) is 9.92. The van der Waals surface area contributed by atoms with E-state index in [1.165, 1.54) is 11.8 Å². The van der Waals surface area contributed by atoms with Crippen molar-refractivity contribution in [2.24, 2.45) is 0 Å². The molecule has 7 atom stereocenters. The second-order valence-corrected chi connectivity index (χ2v) is 6.21. The van der Waals surface area contributed by atoms with E-state index in [0.717, 1.165) is 19.3 Å². The number of hydrogen-bond donors (Lipinski definition) is 5. The summed E-state index contributed by atoms with van der Waals surface area (Å²) in [5.41, 5.74) is -0.738. The molecule has 18 heavy (non-hydrogen) atoms. The molecule has 0 aromatic carbocycles. The van der Waals surface area contributed by atoms with Crippen LogP contribution in [0.5, 0.6) is 0 Å². The summed E-state index contributed by atoms with van der Waals surface area (Å²) >= 11 is 1.26. The van der Waals surface area contributed by atoms with Crippen molar-refractivity contribution >= 4 is 11.8 Å². The first-order valence-corrected chi connectivity index (χ1v) is 7.13. The molecule has 2 fully saturated rings. The third-order valence-corrected chi connectivity index (χ3v) is 5.13. The highest BCUT2D eigenvalue weighted by molar-refractivity contribution is 8.00. The minimum Gasteiger partial charge on any atom is -0.394 e. The second kappa shape index (κ2) is 6.04. The summed E-state index contributed by atoms with van der Waals surface area (Å²) in [4.78, 5) is 0. The third kappa shape index (κ3) is 2.82. The summed E-state index contributed by atoms with van der Waals surface area (Å²) in [5.74, 6) is 0. The van der Waals surface area contributed by atoms with Crippen LogP contribution in [0.3, 0.4) is 0 Å². The van der Waals surface area contributed by atoms with Gasteiger partial charge in [0.15, 0.2) is 0 Å². The lowest BCUT2D eigenvalue weighted by atomic mass is 10.0. The van der Waals surface area contributed by atoms with Gasteiger partial charge in [0.2, 0.25) is 0 Å². The van der Waals surface area contributed by atoms with Gasteiger partial charge in [-0.25, -0.2) is 0 Å². The van der Waals surface area contributed by atoms with Crippen LogP contribution in [0, 0.1) is 0 Å². The van der Waals surface area contributed by atoms with E-state index in [1.54, 1.807) is 0 Å². The van der Waals surface area contributed by atoms with Crippen molar-refractivity contribution in [2.75, 3.05) is 6.61 Å². The van der Waals surface area contributed by atoms with Crippen LogP contribution in [0.2, 0.25) is 0 Å². The fraction of sp³-hybridized carbons (Fsp3) is 1.00. The summed E-state index contributed by atoms with van der Waals surface area (Å²) in [7, 11) is 0. The Balaban J connectivity index is 1.98. The molecule has 2 aliphatic rings. The molecule has 2 rings (SSSR count). The van der Waals surface area contributed by atoms with Crippen LogP contribution < -0.4 is 0 Å². The summed E-state index contributed by atoms with van der Waals surface area (Å²) in [5, 5.41) is 47.9. The highest BCUT2D eigenvalue weighted by Gasteiger charge is 2.45. The molecule has 1 aliphatic carbocycles. The van der Waals surface area contributed by atoms with Gasteiger partial charge in [-0.3, -0.25) is 0 Å². The van der Waals surface area contributed by atoms with Crippen LogP contribution in [0.15, 0.2) is 0 Å². The van der Waals surface area contributed by atoms with Gasteiger partial charge >= 0.3 is 0 Å². The first-order chi connectivity index (χ1) is 8.54. The van der Waals surface area contributed by atoms with E-state index >= 15 is 0 Å². The largest absolute Gasteiger partial charge is 0.394 e. The Morgan fingerprint density at radius 2 is 1.72 bits per heavy atom. The van der Waals surface area contributed by atoms with Crippen molar-refractivity contribution < 1.29 is 30.3 Å². The lowest BCUT2D eigenvalue weighted by molar-refractivity contribution is -0.205. The van der Waals surface area contributed by atoms with Crippen molar-refractivity contribution in [1.82, 2.24) is 0 Å². The Labute approximate surface area is 110 Å². The number of rotatable bonds is 3. The highest BCUT2D eigenvalue weighted by Crippen LogP contribution is 2.37. The summed E-state index contributed by atoms with van der Waals surface area (Å²) in [6.07, 6.45) is -2.70. The minimum absolute atomic E-state index is 0.0357. The molecule has 106 valence electrons. The molecule has 1 heterocycles. The third-order valence-electron chi connectivity index (χ3n) is 3.58. The summed E-state index contributed by atoms with van der Waals surface area (Å²) in [6.45, 7) is -0.421. The van der Waals surface area contributed by atoms with Gasteiger partial charge in [-0.1, -0.05) is 0 Å². The number of thioether (sulfide) groups is 1. The quantitative estimate of drug-likeness (QED) is 0.425. The smallest absolute Gasteiger partial charge is 0.132 e. The minimum atomic E-state index is -1.34. The molecule has 1 saturated carbocycles. The van der Waals surface area contributed by atoms with Crippen LogP contribution >= 0.6 is 11.8 Å². The van der Waals surface area contributed by atoms with E-state index in [9.17, 15) is 20.4 Å². The van der Waals surface area contributed by atoms with Gasteiger partial charge in [-0.05, 0) is 19.3 Å². The average Bonchev–Trinajstić information content (AvgIpc) is 2.76. The molecule has 2 unspecified atom stereocenters. The van der Waals surface area contributed by atoms with Gasteiger partial charge in [0, 0.05) is 5.25 Å². The fourth-order valence-corrected chi connectivity index (χ4v) is 3.91. The van der Waals surface area contributed by atoms with E-state index in [-0.39, 0.29) is 5.25 Å². The van der Waals surface area contributed by atoms with Gasteiger partial charge in [0.05, 0.1) is 12.7 Å². The fourth-order valence-electron chi connectivity index (χ4n) is 2.42. The Hall–Kier alpha value is 0.110. The predicted molar refractivity (Wildman–Crippen MR) is 65.0 cm³/mol.